The minimum Gasteiger partial charge on any atom is -0.350 e. The maximum absolute atomic E-state index is 11.4. The summed E-state index contributed by atoms with van der Waals surface area (Å²) >= 11 is 0. The lowest BCUT2D eigenvalue weighted by Crippen LogP contribution is -2.46. The van der Waals surface area contributed by atoms with Gasteiger partial charge in [-0.1, -0.05) is 6.92 Å². The van der Waals surface area contributed by atoms with Crippen LogP contribution in [0.3, 0.4) is 0 Å². The van der Waals surface area contributed by atoms with Gasteiger partial charge in [-0.3, -0.25) is 4.79 Å². The Morgan fingerprint density at radius 1 is 1.47 bits per heavy atom. The first-order valence-corrected chi connectivity index (χ1v) is 5.47. The molecule has 0 aliphatic heterocycles. The lowest BCUT2D eigenvalue weighted by Gasteiger charge is -2.24. The number of hydrogen-bond donors (Lipinski definition) is 2. The second-order valence-corrected chi connectivity index (χ2v) is 4.27. The smallest absolute Gasteiger partial charge is 0.234 e. The maximum atomic E-state index is 11.4. The molecule has 0 spiro atoms. The number of carbonyl (C=O) groups is 1. The largest absolute Gasteiger partial charge is 0.350 e. The lowest BCUT2D eigenvalue weighted by atomic mass is 10.0. The normalized spacial score (nSPS) is 10.8. The summed E-state index contributed by atoms with van der Waals surface area (Å²) in [6.45, 7) is 7.26. The predicted molar refractivity (Wildman–Crippen MR) is 63.4 cm³/mol. The van der Waals surface area contributed by atoms with Crippen molar-refractivity contribution < 1.29 is 4.79 Å². The molecule has 0 radical (unpaired) electrons. The molecular weight excluding hydrogens is 188 g/mol. The molecule has 3 heteroatoms. The Balaban J connectivity index is 3.55. The number of rotatable bonds is 7. The average molecular weight is 210 g/mol. The fourth-order valence-corrected chi connectivity index (χ4v) is 1.03. The second-order valence-electron chi connectivity index (χ2n) is 4.27. The van der Waals surface area contributed by atoms with Gasteiger partial charge in [0, 0.05) is 12.0 Å². The van der Waals surface area contributed by atoms with Crippen LogP contribution < -0.4 is 10.6 Å². The number of hydrogen-bond acceptors (Lipinski definition) is 2. The summed E-state index contributed by atoms with van der Waals surface area (Å²) in [7, 11) is 0. The van der Waals surface area contributed by atoms with E-state index >= 15 is 0 Å². The van der Waals surface area contributed by atoms with Gasteiger partial charge in [0.15, 0.2) is 0 Å². The van der Waals surface area contributed by atoms with Crippen LogP contribution >= 0.6 is 0 Å². The van der Waals surface area contributed by atoms with Gasteiger partial charge in [0.2, 0.25) is 5.91 Å². The van der Waals surface area contributed by atoms with Crippen LogP contribution in [0.25, 0.3) is 0 Å². The van der Waals surface area contributed by atoms with E-state index in [1.165, 1.54) is 0 Å². The molecule has 0 aromatic rings. The Bertz CT molecular complexity index is 228. The first-order chi connectivity index (χ1) is 7.02. The van der Waals surface area contributed by atoms with Crippen LogP contribution in [0.2, 0.25) is 0 Å². The van der Waals surface area contributed by atoms with Gasteiger partial charge >= 0.3 is 0 Å². The van der Waals surface area contributed by atoms with Crippen LogP contribution in [0.5, 0.6) is 0 Å². The van der Waals surface area contributed by atoms with E-state index in [4.69, 9.17) is 6.42 Å². The summed E-state index contributed by atoms with van der Waals surface area (Å²) in [5.41, 5.74) is -0.114. The summed E-state index contributed by atoms with van der Waals surface area (Å²) in [6.07, 6.45) is 7.72. The summed E-state index contributed by atoms with van der Waals surface area (Å²) < 4.78 is 0. The molecule has 86 valence electrons. The third-order valence-corrected chi connectivity index (χ3v) is 2.32. The highest BCUT2D eigenvalue weighted by Crippen LogP contribution is 2.05. The quantitative estimate of drug-likeness (QED) is 0.491. The molecule has 0 saturated carbocycles. The van der Waals surface area contributed by atoms with Crippen molar-refractivity contribution in [2.24, 2.45) is 0 Å². The number of terminal acetylenes is 1. The van der Waals surface area contributed by atoms with Crippen molar-refractivity contribution in [2.45, 2.75) is 45.6 Å². The summed E-state index contributed by atoms with van der Waals surface area (Å²) in [5.74, 6) is 2.61. The first-order valence-electron chi connectivity index (χ1n) is 5.47. The minimum atomic E-state index is -0.114. The summed E-state index contributed by atoms with van der Waals surface area (Å²) in [5, 5.41) is 6.01. The molecule has 0 fully saturated rings. The van der Waals surface area contributed by atoms with E-state index in [9.17, 15) is 4.79 Å². The molecule has 0 atom stereocenters. The van der Waals surface area contributed by atoms with E-state index in [1.54, 1.807) is 0 Å². The van der Waals surface area contributed by atoms with Crippen molar-refractivity contribution in [1.29, 1.82) is 0 Å². The zero-order valence-electron chi connectivity index (χ0n) is 10.0. The minimum absolute atomic E-state index is 0.0440. The maximum Gasteiger partial charge on any atom is 0.234 e. The Morgan fingerprint density at radius 2 is 2.13 bits per heavy atom. The predicted octanol–water partition coefficient (Wildman–Crippen LogP) is 1.29. The molecule has 2 N–H and O–H groups in total. The molecule has 0 saturated heterocycles. The fourth-order valence-electron chi connectivity index (χ4n) is 1.03. The van der Waals surface area contributed by atoms with Crippen molar-refractivity contribution in [2.75, 3.05) is 13.1 Å². The molecule has 0 aliphatic rings. The van der Waals surface area contributed by atoms with Crippen molar-refractivity contribution in [3.63, 3.8) is 0 Å². The Kier molecular flexibility index (Phi) is 6.81. The van der Waals surface area contributed by atoms with E-state index < -0.39 is 0 Å². The highest BCUT2D eigenvalue weighted by atomic mass is 16.2. The van der Waals surface area contributed by atoms with E-state index in [0.717, 1.165) is 25.8 Å². The zero-order valence-corrected chi connectivity index (χ0v) is 10.0. The van der Waals surface area contributed by atoms with Gasteiger partial charge in [-0.15, -0.1) is 12.3 Å². The highest BCUT2D eigenvalue weighted by molar-refractivity contribution is 5.78. The molecule has 0 rings (SSSR count). The van der Waals surface area contributed by atoms with Crippen LogP contribution in [-0.4, -0.2) is 24.5 Å². The van der Waals surface area contributed by atoms with Crippen LogP contribution in [0.4, 0.5) is 0 Å². The number of amides is 1. The van der Waals surface area contributed by atoms with E-state index in [0.29, 0.717) is 6.54 Å². The molecule has 3 nitrogen and oxygen atoms in total. The first kappa shape index (κ1) is 14.0. The van der Waals surface area contributed by atoms with Crippen molar-refractivity contribution in [3.05, 3.63) is 0 Å². The Morgan fingerprint density at radius 3 is 2.67 bits per heavy atom. The number of carbonyl (C=O) groups excluding carboxylic acids is 1. The van der Waals surface area contributed by atoms with Crippen molar-refractivity contribution in [3.8, 4) is 12.3 Å². The van der Waals surface area contributed by atoms with Crippen LogP contribution in [-0.2, 0) is 4.79 Å². The highest BCUT2D eigenvalue weighted by Gasteiger charge is 2.16. The van der Waals surface area contributed by atoms with E-state index in [-0.39, 0.29) is 11.4 Å². The van der Waals surface area contributed by atoms with Gasteiger partial charge in [-0.2, -0.15) is 0 Å². The van der Waals surface area contributed by atoms with Crippen molar-refractivity contribution >= 4 is 5.91 Å². The second kappa shape index (κ2) is 7.30. The summed E-state index contributed by atoms with van der Waals surface area (Å²) in [6, 6.07) is 0. The van der Waals surface area contributed by atoms with Gasteiger partial charge in [0.05, 0.1) is 6.54 Å². The average Bonchev–Trinajstić information content (AvgIpc) is 2.17. The van der Waals surface area contributed by atoms with Crippen LogP contribution in [0, 0.1) is 12.3 Å². The molecule has 0 bridgehead atoms. The molecule has 0 heterocycles. The molecule has 0 aromatic carbocycles. The molecule has 15 heavy (non-hydrogen) atoms. The van der Waals surface area contributed by atoms with Crippen LogP contribution in [0.1, 0.15) is 40.0 Å². The van der Waals surface area contributed by atoms with Gasteiger partial charge in [-0.05, 0) is 33.2 Å². The molecule has 1 amide bonds. The molecular formula is C12H22N2O. The topological polar surface area (TPSA) is 41.1 Å². The monoisotopic (exact) mass is 210 g/mol. The zero-order chi connectivity index (χ0) is 11.7. The van der Waals surface area contributed by atoms with Gasteiger partial charge in [-0.25, -0.2) is 0 Å². The number of unbranched alkanes of at least 4 members (excludes halogenated alkanes) is 1. The van der Waals surface area contributed by atoms with Gasteiger partial charge in [0.25, 0.3) is 0 Å². The van der Waals surface area contributed by atoms with Gasteiger partial charge < -0.3 is 10.6 Å². The third-order valence-electron chi connectivity index (χ3n) is 2.32. The lowest BCUT2D eigenvalue weighted by molar-refractivity contribution is -0.121. The Hall–Kier alpha value is -1.01. The van der Waals surface area contributed by atoms with Crippen LogP contribution in [0.15, 0.2) is 0 Å². The van der Waals surface area contributed by atoms with Crippen molar-refractivity contribution in [1.82, 2.24) is 10.6 Å². The van der Waals surface area contributed by atoms with Gasteiger partial charge in [0.1, 0.15) is 0 Å². The third kappa shape index (κ3) is 8.02. The Labute approximate surface area is 93.0 Å². The van der Waals surface area contributed by atoms with E-state index in [2.05, 4.69) is 23.5 Å². The number of nitrogens with one attached hydrogen (secondary N) is 2. The molecule has 0 aromatic heterocycles. The molecule has 0 unspecified atom stereocenters. The van der Waals surface area contributed by atoms with E-state index in [1.807, 2.05) is 13.8 Å². The SMILES string of the molecule is C#CCCCNCC(=O)NC(C)(C)CC. The summed E-state index contributed by atoms with van der Waals surface area (Å²) in [4.78, 5) is 11.4. The molecule has 0 aliphatic carbocycles. The fraction of sp³-hybridized carbons (Fsp3) is 0.750. The standard InChI is InChI=1S/C12H22N2O/c1-5-7-8-9-13-10-11(15)14-12(3,4)6-2/h1,13H,6-10H2,2-4H3,(H,14,15).